The SMILES string of the molecule is CCNC(=O)NC(=O)COC(=O)C(NS(=O)(=O)c1ccc(Br)cc1)C(C)C. The minimum absolute atomic E-state index is 0.0156. The van der Waals surface area contributed by atoms with Crippen LogP contribution in [0.15, 0.2) is 33.6 Å². The van der Waals surface area contributed by atoms with E-state index in [1.54, 1.807) is 32.9 Å². The van der Waals surface area contributed by atoms with Gasteiger partial charge in [-0.25, -0.2) is 13.2 Å². The third kappa shape index (κ3) is 7.65. The summed E-state index contributed by atoms with van der Waals surface area (Å²) in [7, 11) is -3.97. The number of carbonyl (C=O) groups excluding carboxylic acids is 3. The van der Waals surface area contributed by atoms with Gasteiger partial charge in [-0.1, -0.05) is 29.8 Å². The highest BCUT2D eigenvalue weighted by Gasteiger charge is 2.30. The Morgan fingerprint density at radius 2 is 1.74 bits per heavy atom. The molecule has 0 aliphatic rings. The van der Waals surface area contributed by atoms with E-state index < -0.39 is 46.5 Å². The molecule has 11 heteroatoms. The first kappa shape index (κ1) is 23.1. The first-order valence-electron chi connectivity index (χ1n) is 8.09. The maximum Gasteiger partial charge on any atom is 0.324 e. The Morgan fingerprint density at radius 3 is 2.26 bits per heavy atom. The molecule has 0 bridgehead atoms. The van der Waals surface area contributed by atoms with Crippen LogP contribution in [-0.2, 0) is 24.3 Å². The van der Waals surface area contributed by atoms with Crippen LogP contribution in [0.25, 0.3) is 0 Å². The van der Waals surface area contributed by atoms with E-state index in [9.17, 15) is 22.8 Å². The van der Waals surface area contributed by atoms with Crippen molar-refractivity contribution in [2.45, 2.75) is 31.7 Å². The lowest BCUT2D eigenvalue weighted by Crippen LogP contribution is -2.47. The number of rotatable bonds is 8. The molecule has 27 heavy (non-hydrogen) atoms. The Kier molecular flexibility index (Phi) is 8.86. The molecule has 3 N–H and O–H groups in total. The zero-order valence-corrected chi connectivity index (χ0v) is 17.5. The third-order valence-corrected chi connectivity index (χ3v) is 5.25. The van der Waals surface area contributed by atoms with Gasteiger partial charge in [0.05, 0.1) is 4.90 Å². The summed E-state index contributed by atoms with van der Waals surface area (Å²) in [6.45, 7) is 4.55. The first-order valence-corrected chi connectivity index (χ1v) is 10.4. The molecule has 0 aliphatic carbocycles. The van der Waals surface area contributed by atoms with E-state index in [0.717, 1.165) is 0 Å². The number of carbonyl (C=O) groups is 3. The van der Waals surface area contributed by atoms with Gasteiger partial charge in [-0.3, -0.25) is 14.9 Å². The van der Waals surface area contributed by atoms with Gasteiger partial charge in [0.1, 0.15) is 6.04 Å². The maximum absolute atomic E-state index is 12.5. The summed E-state index contributed by atoms with van der Waals surface area (Å²) in [5.41, 5.74) is 0. The van der Waals surface area contributed by atoms with Crippen LogP contribution in [0.3, 0.4) is 0 Å². The fraction of sp³-hybridized carbons (Fsp3) is 0.438. The fourth-order valence-electron chi connectivity index (χ4n) is 1.90. The van der Waals surface area contributed by atoms with Gasteiger partial charge >= 0.3 is 12.0 Å². The molecule has 0 spiro atoms. The van der Waals surface area contributed by atoms with E-state index >= 15 is 0 Å². The molecular weight excluding hydrogens is 442 g/mol. The van der Waals surface area contributed by atoms with E-state index in [-0.39, 0.29) is 4.90 Å². The molecule has 0 radical (unpaired) electrons. The average Bonchev–Trinajstić information content (AvgIpc) is 2.58. The van der Waals surface area contributed by atoms with Crippen molar-refractivity contribution in [1.29, 1.82) is 0 Å². The zero-order chi connectivity index (χ0) is 20.6. The van der Waals surface area contributed by atoms with Gasteiger partial charge < -0.3 is 10.1 Å². The second-order valence-corrected chi connectivity index (χ2v) is 8.44. The van der Waals surface area contributed by atoms with Gasteiger partial charge in [-0.05, 0) is 37.1 Å². The molecule has 0 saturated carbocycles. The van der Waals surface area contributed by atoms with Crippen LogP contribution in [0.2, 0.25) is 0 Å². The number of nitrogens with one attached hydrogen (secondary N) is 3. The van der Waals surface area contributed by atoms with E-state index in [0.29, 0.717) is 11.0 Å². The predicted octanol–water partition coefficient (Wildman–Crippen LogP) is 1.14. The number of imide groups is 1. The van der Waals surface area contributed by atoms with E-state index in [1.165, 1.54) is 12.1 Å². The second-order valence-electron chi connectivity index (χ2n) is 5.81. The predicted molar refractivity (Wildman–Crippen MR) is 101 cm³/mol. The average molecular weight is 464 g/mol. The number of ether oxygens (including phenoxy) is 1. The highest BCUT2D eigenvalue weighted by molar-refractivity contribution is 9.10. The van der Waals surface area contributed by atoms with Gasteiger partial charge in [0.15, 0.2) is 6.61 Å². The summed E-state index contributed by atoms with van der Waals surface area (Å²) >= 11 is 3.21. The molecule has 1 atom stereocenters. The van der Waals surface area contributed by atoms with Crippen molar-refractivity contribution >= 4 is 43.9 Å². The van der Waals surface area contributed by atoms with Crippen molar-refractivity contribution in [3.8, 4) is 0 Å². The van der Waals surface area contributed by atoms with Crippen molar-refractivity contribution in [2.24, 2.45) is 5.92 Å². The quantitative estimate of drug-likeness (QED) is 0.495. The summed E-state index contributed by atoms with van der Waals surface area (Å²) in [6.07, 6.45) is 0. The van der Waals surface area contributed by atoms with Crippen LogP contribution in [0.1, 0.15) is 20.8 Å². The normalized spacial score (nSPS) is 12.3. The Morgan fingerprint density at radius 1 is 1.15 bits per heavy atom. The molecule has 1 rings (SSSR count). The van der Waals surface area contributed by atoms with Crippen LogP contribution in [0.4, 0.5) is 4.79 Å². The molecule has 150 valence electrons. The molecule has 0 saturated heterocycles. The Balaban J connectivity index is 2.74. The number of esters is 1. The summed E-state index contributed by atoms with van der Waals surface area (Å²) in [6, 6.07) is 3.97. The summed E-state index contributed by atoms with van der Waals surface area (Å²) < 4.78 is 32.7. The lowest BCUT2D eigenvalue weighted by molar-refractivity contribution is -0.150. The van der Waals surface area contributed by atoms with E-state index in [4.69, 9.17) is 4.74 Å². The maximum atomic E-state index is 12.5. The number of hydrogen-bond donors (Lipinski definition) is 3. The first-order chi connectivity index (χ1) is 12.6. The largest absolute Gasteiger partial charge is 0.454 e. The lowest BCUT2D eigenvalue weighted by Gasteiger charge is -2.20. The van der Waals surface area contributed by atoms with Gasteiger partial charge in [-0.15, -0.1) is 0 Å². The van der Waals surface area contributed by atoms with Gasteiger partial charge in [0.2, 0.25) is 10.0 Å². The number of hydrogen-bond acceptors (Lipinski definition) is 6. The topological polar surface area (TPSA) is 131 Å². The standard InChI is InChI=1S/C16H22BrN3O6S/c1-4-18-16(23)19-13(21)9-26-15(22)14(10(2)3)20-27(24,25)12-7-5-11(17)6-8-12/h5-8,10,14,20H,4,9H2,1-3H3,(H2,18,19,21,23). The van der Waals surface area contributed by atoms with Crippen LogP contribution < -0.4 is 15.4 Å². The third-order valence-electron chi connectivity index (χ3n) is 3.26. The van der Waals surface area contributed by atoms with E-state index in [1.807, 2.05) is 5.32 Å². The minimum Gasteiger partial charge on any atom is -0.454 e. The lowest BCUT2D eigenvalue weighted by atomic mass is 10.1. The molecule has 0 heterocycles. The number of halogens is 1. The monoisotopic (exact) mass is 463 g/mol. The second kappa shape index (κ2) is 10.4. The molecule has 0 aliphatic heterocycles. The number of amides is 3. The Labute approximate surface area is 166 Å². The fourth-order valence-corrected chi connectivity index (χ4v) is 3.50. The van der Waals surface area contributed by atoms with Crippen molar-refractivity contribution in [2.75, 3.05) is 13.2 Å². The van der Waals surface area contributed by atoms with Gasteiger partial charge in [0.25, 0.3) is 5.91 Å². The molecule has 1 aromatic rings. The Hall–Kier alpha value is -1.98. The van der Waals surface area contributed by atoms with Crippen molar-refractivity contribution in [1.82, 2.24) is 15.4 Å². The molecule has 1 unspecified atom stereocenters. The molecule has 9 nitrogen and oxygen atoms in total. The Bertz CT molecular complexity index is 780. The summed E-state index contributed by atoms with van der Waals surface area (Å²) in [4.78, 5) is 35.0. The van der Waals surface area contributed by atoms with Crippen molar-refractivity contribution < 1.29 is 27.5 Å². The van der Waals surface area contributed by atoms with Crippen LogP contribution in [0.5, 0.6) is 0 Å². The zero-order valence-electron chi connectivity index (χ0n) is 15.1. The summed E-state index contributed by atoms with van der Waals surface area (Å²) in [5.74, 6) is -2.18. The van der Waals surface area contributed by atoms with Crippen LogP contribution in [-0.4, -0.2) is 45.5 Å². The number of benzene rings is 1. The molecule has 1 aromatic carbocycles. The number of sulfonamides is 1. The van der Waals surface area contributed by atoms with Crippen LogP contribution >= 0.6 is 15.9 Å². The highest BCUT2D eigenvalue weighted by atomic mass is 79.9. The molecule has 3 amide bonds. The molecule has 0 aromatic heterocycles. The summed E-state index contributed by atoms with van der Waals surface area (Å²) in [5, 5.41) is 4.33. The van der Waals surface area contributed by atoms with Crippen molar-refractivity contribution in [3.63, 3.8) is 0 Å². The van der Waals surface area contributed by atoms with Gasteiger partial charge in [-0.2, -0.15) is 4.72 Å². The highest BCUT2D eigenvalue weighted by Crippen LogP contribution is 2.16. The number of urea groups is 1. The van der Waals surface area contributed by atoms with Crippen molar-refractivity contribution in [3.05, 3.63) is 28.7 Å². The van der Waals surface area contributed by atoms with Crippen LogP contribution in [0, 0.1) is 5.92 Å². The molecular formula is C16H22BrN3O6S. The van der Waals surface area contributed by atoms with E-state index in [2.05, 4.69) is 26.0 Å². The molecule has 0 fully saturated rings. The smallest absolute Gasteiger partial charge is 0.324 e. The minimum atomic E-state index is -3.97. The van der Waals surface area contributed by atoms with Gasteiger partial charge in [0, 0.05) is 11.0 Å².